The summed E-state index contributed by atoms with van der Waals surface area (Å²) in [5.74, 6) is -0.212. The van der Waals surface area contributed by atoms with E-state index in [2.05, 4.69) is 29.2 Å². The first kappa shape index (κ1) is 15.9. The van der Waals surface area contributed by atoms with Gasteiger partial charge in [-0.3, -0.25) is 0 Å². The first-order chi connectivity index (χ1) is 12.3. The Balaban J connectivity index is 1.54. The van der Waals surface area contributed by atoms with Crippen molar-refractivity contribution in [1.29, 1.82) is 0 Å². The van der Waals surface area contributed by atoms with Gasteiger partial charge in [-0.2, -0.15) is 0 Å². The van der Waals surface area contributed by atoms with Gasteiger partial charge in [-0.25, -0.2) is 4.39 Å². The number of hydrogen-bond donors (Lipinski definition) is 0. The van der Waals surface area contributed by atoms with Crippen LogP contribution in [-0.2, 0) is 11.3 Å². The fourth-order valence-electron chi connectivity index (χ4n) is 3.33. The Labute approximate surface area is 147 Å². The van der Waals surface area contributed by atoms with Crippen LogP contribution in [0, 0.1) is 5.82 Å². The molecule has 2 nitrogen and oxygen atoms in total. The zero-order valence-corrected chi connectivity index (χ0v) is 13.9. The van der Waals surface area contributed by atoms with Crippen LogP contribution in [0.15, 0.2) is 84.9 Å². The fraction of sp³-hybridized carbons (Fsp3) is 0.182. The highest BCUT2D eigenvalue weighted by atomic mass is 19.1. The van der Waals surface area contributed by atoms with Gasteiger partial charge in [0.05, 0.1) is 18.8 Å². The fourth-order valence-corrected chi connectivity index (χ4v) is 3.33. The Morgan fingerprint density at radius 2 is 1.48 bits per heavy atom. The third-order valence-corrected chi connectivity index (χ3v) is 4.67. The van der Waals surface area contributed by atoms with Gasteiger partial charge in [-0.15, -0.1) is 0 Å². The summed E-state index contributed by atoms with van der Waals surface area (Å²) in [6.45, 7) is 1.42. The van der Waals surface area contributed by atoms with Crippen LogP contribution in [0.2, 0.25) is 0 Å². The van der Waals surface area contributed by atoms with E-state index in [1.54, 1.807) is 0 Å². The Kier molecular flexibility index (Phi) is 4.49. The number of hydrogen-bond acceptors (Lipinski definition) is 2. The van der Waals surface area contributed by atoms with Crippen LogP contribution in [0.5, 0.6) is 0 Å². The molecule has 2 atom stereocenters. The predicted molar refractivity (Wildman–Crippen MR) is 97.9 cm³/mol. The van der Waals surface area contributed by atoms with E-state index in [4.69, 9.17) is 4.74 Å². The molecular formula is C22H20FNO. The minimum atomic E-state index is -0.212. The topological polar surface area (TPSA) is 12.5 Å². The molecule has 1 fully saturated rings. The van der Waals surface area contributed by atoms with Crippen LogP contribution in [0.25, 0.3) is 0 Å². The molecule has 2 unspecified atom stereocenters. The summed E-state index contributed by atoms with van der Waals surface area (Å²) < 4.78 is 19.5. The van der Waals surface area contributed by atoms with Crippen LogP contribution in [-0.4, -0.2) is 12.6 Å². The molecule has 1 saturated heterocycles. The van der Waals surface area contributed by atoms with Gasteiger partial charge in [0.2, 0.25) is 0 Å². The van der Waals surface area contributed by atoms with Gasteiger partial charge in [0, 0.05) is 12.2 Å². The lowest BCUT2D eigenvalue weighted by Gasteiger charge is -2.49. The van der Waals surface area contributed by atoms with Crippen molar-refractivity contribution in [2.75, 3.05) is 11.4 Å². The highest BCUT2D eigenvalue weighted by Gasteiger charge is 2.40. The molecule has 0 spiro atoms. The van der Waals surface area contributed by atoms with Crippen LogP contribution >= 0.6 is 0 Å². The van der Waals surface area contributed by atoms with Gasteiger partial charge in [0.25, 0.3) is 0 Å². The first-order valence-corrected chi connectivity index (χ1v) is 8.54. The molecule has 25 heavy (non-hydrogen) atoms. The predicted octanol–water partition coefficient (Wildman–Crippen LogP) is 4.97. The van der Waals surface area contributed by atoms with E-state index in [-0.39, 0.29) is 18.0 Å². The summed E-state index contributed by atoms with van der Waals surface area (Å²) in [5, 5.41) is 0. The Morgan fingerprint density at radius 3 is 2.16 bits per heavy atom. The second-order valence-corrected chi connectivity index (χ2v) is 6.32. The molecule has 0 amide bonds. The smallest absolute Gasteiger partial charge is 0.123 e. The summed E-state index contributed by atoms with van der Waals surface area (Å²) in [4.78, 5) is 2.31. The average molecular weight is 333 g/mol. The van der Waals surface area contributed by atoms with Gasteiger partial charge >= 0.3 is 0 Å². The van der Waals surface area contributed by atoms with Crippen molar-refractivity contribution in [3.05, 3.63) is 102 Å². The molecule has 0 radical (unpaired) electrons. The standard InChI is InChI=1S/C22H20FNO/c23-19-13-11-18(12-14-19)22-21(25-16-17-7-3-1-4-8-17)15-24(22)20-9-5-2-6-10-20/h1-14,21-22H,15-16H2. The second-order valence-electron chi connectivity index (χ2n) is 6.32. The number of nitrogens with zero attached hydrogens (tertiary/aromatic N) is 1. The van der Waals surface area contributed by atoms with Crippen molar-refractivity contribution < 1.29 is 9.13 Å². The highest BCUT2D eigenvalue weighted by molar-refractivity contribution is 5.53. The van der Waals surface area contributed by atoms with Crippen LogP contribution in [0.3, 0.4) is 0 Å². The summed E-state index contributed by atoms with van der Waals surface area (Å²) in [5.41, 5.74) is 3.41. The van der Waals surface area contributed by atoms with Crippen molar-refractivity contribution >= 4 is 5.69 Å². The van der Waals surface area contributed by atoms with Gasteiger partial charge in [-0.1, -0.05) is 60.7 Å². The van der Waals surface area contributed by atoms with E-state index in [1.165, 1.54) is 17.7 Å². The first-order valence-electron chi connectivity index (χ1n) is 8.54. The van der Waals surface area contributed by atoms with E-state index >= 15 is 0 Å². The van der Waals surface area contributed by atoms with E-state index in [0.29, 0.717) is 6.61 Å². The summed E-state index contributed by atoms with van der Waals surface area (Å²) in [6.07, 6.45) is 0.0888. The van der Waals surface area contributed by atoms with Crippen LogP contribution in [0.4, 0.5) is 10.1 Å². The van der Waals surface area contributed by atoms with Gasteiger partial charge in [-0.05, 0) is 35.4 Å². The molecule has 0 N–H and O–H groups in total. The lowest BCUT2D eigenvalue weighted by atomic mass is 9.90. The molecule has 0 bridgehead atoms. The number of benzene rings is 3. The Morgan fingerprint density at radius 1 is 0.840 bits per heavy atom. The van der Waals surface area contributed by atoms with Crippen molar-refractivity contribution in [2.24, 2.45) is 0 Å². The monoisotopic (exact) mass is 333 g/mol. The molecule has 0 aliphatic carbocycles. The van der Waals surface area contributed by atoms with Crippen molar-refractivity contribution in [2.45, 2.75) is 18.8 Å². The highest BCUT2D eigenvalue weighted by Crippen LogP contribution is 2.39. The SMILES string of the molecule is Fc1ccc(C2C(OCc3ccccc3)CN2c2ccccc2)cc1. The van der Waals surface area contributed by atoms with Crippen molar-refractivity contribution in [3.8, 4) is 0 Å². The molecular weight excluding hydrogens is 313 g/mol. The molecule has 126 valence electrons. The minimum Gasteiger partial charge on any atom is -0.369 e. The number of rotatable bonds is 5. The molecule has 4 rings (SSSR count). The Hall–Kier alpha value is -2.65. The Bertz CT molecular complexity index is 802. The second kappa shape index (κ2) is 7.08. The number of ether oxygens (including phenoxy) is 1. The maximum atomic E-state index is 13.3. The summed E-state index contributed by atoms with van der Waals surface area (Å²) in [6, 6.07) is 27.3. The van der Waals surface area contributed by atoms with Gasteiger partial charge in [0.1, 0.15) is 5.82 Å². The zero-order chi connectivity index (χ0) is 17.1. The molecule has 1 aliphatic rings. The van der Waals surface area contributed by atoms with E-state index in [1.807, 2.05) is 48.5 Å². The summed E-state index contributed by atoms with van der Waals surface area (Å²) >= 11 is 0. The molecule has 1 heterocycles. The maximum Gasteiger partial charge on any atom is 0.123 e. The normalized spacial score (nSPS) is 19.5. The third-order valence-electron chi connectivity index (χ3n) is 4.67. The largest absolute Gasteiger partial charge is 0.369 e. The van der Waals surface area contributed by atoms with E-state index < -0.39 is 0 Å². The molecule has 1 aliphatic heterocycles. The maximum absolute atomic E-state index is 13.3. The lowest BCUT2D eigenvalue weighted by Crippen LogP contribution is -2.55. The molecule has 3 aromatic carbocycles. The summed E-state index contributed by atoms with van der Waals surface area (Å²) in [7, 11) is 0. The van der Waals surface area contributed by atoms with E-state index in [0.717, 1.165) is 17.8 Å². The number of anilines is 1. The lowest BCUT2D eigenvalue weighted by molar-refractivity contribution is -0.00975. The zero-order valence-electron chi connectivity index (χ0n) is 13.9. The number of para-hydroxylation sites is 1. The van der Waals surface area contributed by atoms with Crippen LogP contribution in [0.1, 0.15) is 17.2 Å². The van der Waals surface area contributed by atoms with Crippen molar-refractivity contribution in [3.63, 3.8) is 0 Å². The van der Waals surface area contributed by atoms with Gasteiger partial charge in [0.15, 0.2) is 0 Å². The third kappa shape index (κ3) is 3.42. The van der Waals surface area contributed by atoms with Crippen molar-refractivity contribution in [1.82, 2.24) is 0 Å². The minimum absolute atomic E-state index is 0.0888. The molecule has 0 aromatic heterocycles. The van der Waals surface area contributed by atoms with Crippen LogP contribution < -0.4 is 4.90 Å². The quantitative estimate of drug-likeness (QED) is 0.653. The van der Waals surface area contributed by atoms with Gasteiger partial charge < -0.3 is 9.64 Å². The number of halogens is 1. The molecule has 3 aromatic rings. The van der Waals surface area contributed by atoms with E-state index in [9.17, 15) is 4.39 Å². The average Bonchev–Trinajstić information content (AvgIpc) is 2.64. The molecule has 0 saturated carbocycles. The molecule has 3 heteroatoms.